The number of aryl methyl sites for hydroxylation is 1. The third-order valence-corrected chi connectivity index (χ3v) is 3.79. The van der Waals surface area contributed by atoms with Crippen LogP contribution in [0.25, 0.3) is 0 Å². The highest BCUT2D eigenvalue weighted by atomic mass is 32.2. The molecule has 1 aromatic heterocycles. The lowest BCUT2D eigenvalue weighted by Gasteiger charge is -2.00. The molecule has 88 valence electrons. The number of thioether (sulfide) groups is 1. The van der Waals surface area contributed by atoms with Gasteiger partial charge in [0.25, 0.3) is 0 Å². The van der Waals surface area contributed by atoms with Gasteiger partial charge in [-0.05, 0) is 12.8 Å². The van der Waals surface area contributed by atoms with Gasteiger partial charge in [0.15, 0.2) is 11.0 Å². The number of carboxylic acid groups (broad SMARTS) is 1. The van der Waals surface area contributed by atoms with Crippen molar-refractivity contribution in [3.63, 3.8) is 0 Å². The van der Waals surface area contributed by atoms with E-state index in [2.05, 4.69) is 10.1 Å². The fourth-order valence-electron chi connectivity index (χ4n) is 2.00. The van der Waals surface area contributed by atoms with Gasteiger partial charge in [0, 0.05) is 13.0 Å². The monoisotopic (exact) mass is 241 g/mol. The van der Waals surface area contributed by atoms with Gasteiger partial charge in [-0.15, -0.1) is 0 Å². The molecule has 1 aromatic rings. The van der Waals surface area contributed by atoms with Crippen LogP contribution in [0.15, 0.2) is 5.16 Å². The van der Waals surface area contributed by atoms with Gasteiger partial charge in [-0.1, -0.05) is 24.6 Å². The number of carboxylic acids is 1. The maximum Gasteiger partial charge on any atom is 0.313 e. The molecule has 16 heavy (non-hydrogen) atoms. The number of nitrogens with zero attached hydrogens (tertiary/aromatic N) is 3. The Kier molecular flexibility index (Phi) is 3.48. The second kappa shape index (κ2) is 4.86. The van der Waals surface area contributed by atoms with Crippen molar-refractivity contribution in [1.82, 2.24) is 14.8 Å². The predicted octanol–water partition coefficient (Wildman–Crippen LogP) is 1.65. The quantitative estimate of drug-likeness (QED) is 0.812. The third-order valence-electron chi connectivity index (χ3n) is 2.78. The summed E-state index contributed by atoms with van der Waals surface area (Å²) in [6.07, 6.45) is 4.82. The molecule has 0 aliphatic heterocycles. The van der Waals surface area contributed by atoms with E-state index in [4.69, 9.17) is 5.11 Å². The van der Waals surface area contributed by atoms with Crippen LogP contribution in [-0.4, -0.2) is 31.6 Å². The topological polar surface area (TPSA) is 68.0 Å². The molecule has 0 bridgehead atoms. The average molecular weight is 241 g/mol. The molecule has 1 heterocycles. The van der Waals surface area contributed by atoms with Gasteiger partial charge < -0.3 is 5.11 Å². The zero-order valence-electron chi connectivity index (χ0n) is 9.22. The molecule has 0 radical (unpaired) electrons. The molecule has 0 spiro atoms. The van der Waals surface area contributed by atoms with Gasteiger partial charge in [-0.3, -0.25) is 4.79 Å². The highest BCUT2D eigenvalue weighted by Gasteiger charge is 2.22. The Morgan fingerprint density at radius 3 is 2.88 bits per heavy atom. The molecule has 0 amide bonds. The van der Waals surface area contributed by atoms with Crippen molar-refractivity contribution < 1.29 is 9.90 Å². The summed E-state index contributed by atoms with van der Waals surface area (Å²) < 4.78 is 1.68. The van der Waals surface area contributed by atoms with Crippen molar-refractivity contribution >= 4 is 17.7 Å². The van der Waals surface area contributed by atoms with Crippen molar-refractivity contribution in [2.75, 3.05) is 5.75 Å². The van der Waals surface area contributed by atoms with Crippen molar-refractivity contribution in [3.05, 3.63) is 5.82 Å². The molecule has 5 nitrogen and oxygen atoms in total. The molecule has 1 N–H and O–H groups in total. The fraction of sp³-hybridized carbons (Fsp3) is 0.700. The maximum absolute atomic E-state index is 10.5. The molecular formula is C10H15N3O2S. The number of rotatable bonds is 4. The summed E-state index contributed by atoms with van der Waals surface area (Å²) in [6.45, 7) is 0. The highest BCUT2D eigenvalue weighted by Crippen LogP contribution is 2.32. The molecule has 0 aromatic carbocycles. The summed E-state index contributed by atoms with van der Waals surface area (Å²) in [4.78, 5) is 14.9. The minimum atomic E-state index is -0.824. The summed E-state index contributed by atoms with van der Waals surface area (Å²) in [5.74, 6) is 0.574. The molecule has 0 atom stereocenters. The standard InChI is InChI=1S/C10H15N3O2S/c1-13-10(16-6-8(14)15)11-9(12-13)7-4-2-3-5-7/h7H,2-6H2,1H3,(H,14,15). The molecule has 0 unspecified atom stereocenters. The lowest BCUT2D eigenvalue weighted by Crippen LogP contribution is -2.00. The summed E-state index contributed by atoms with van der Waals surface area (Å²) >= 11 is 1.22. The maximum atomic E-state index is 10.5. The normalized spacial score (nSPS) is 16.8. The van der Waals surface area contributed by atoms with Crippen molar-refractivity contribution in [2.24, 2.45) is 7.05 Å². The number of aromatic nitrogens is 3. The first-order chi connectivity index (χ1) is 7.66. The number of hydrogen-bond donors (Lipinski definition) is 1. The summed E-state index contributed by atoms with van der Waals surface area (Å²) in [5.41, 5.74) is 0. The molecule has 6 heteroatoms. The van der Waals surface area contributed by atoms with Crippen LogP contribution < -0.4 is 0 Å². The van der Waals surface area contributed by atoms with Crippen LogP contribution in [0, 0.1) is 0 Å². The van der Waals surface area contributed by atoms with E-state index in [0.29, 0.717) is 11.1 Å². The Bertz CT molecular complexity index is 385. The summed E-state index contributed by atoms with van der Waals surface area (Å²) in [7, 11) is 1.82. The zero-order chi connectivity index (χ0) is 11.5. The van der Waals surface area contributed by atoms with Crippen LogP contribution in [0.5, 0.6) is 0 Å². The first-order valence-corrected chi connectivity index (χ1v) is 6.41. The number of aliphatic carboxylic acids is 1. The Morgan fingerprint density at radius 1 is 1.56 bits per heavy atom. The van der Waals surface area contributed by atoms with Gasteiger partial charge in [0.1, 0.15) is 0 Å². The molecule has 0 saturated heterocycles. The Hall–Kier alpha value is -1.04. The first kappa shape index (κ1) is 11.4. The van der Waals surface area contributed by atoms with Crippen molar-refractivity contribution in [2.45, 2.75) is 36.8 Å². The van der Waals surface area contributed by atoms with Gasteiger partial charge in [-0.25, -0.2) is 9.67 Å². The molecule has 1 saturated carbocycles. The van der Waals surface area contributed by atoms with Gasteiger partial charge >= 0.3 is 5.97 Å². The number of hydrogen-bond acceptors (Lipinski definition) is 4. The second-order valence-electron chi connectivity index (χ2n) is 4.04. The predicted molar refractivity (Wildman–Crippen MR) is 60.6 cm³/mol. The van der Waals surface area contributed by atoms with Gasteiger partial charge in [0.2, 0.25) is 0 Å². The van der Waals surface area contributed by atoms with Crippen molar-refractivity contribution in [1.29, 1.82) is 0 Å². The minimum Gasteiger partial charge on any atom is -0.481 e. The zero-order valence-corrected chi connectivity index (χ0v) is 10.0. The average Bonchev–Trinajstić information content (AvgIpc) is 2.83. The molecule has 1 aliphatic carbocycles. The molecule has 2 rings (SSSR count). The third kappa shape index (κ3) is 2.55. The van der Waals surface area contributed by atoms with Crippen LogP contribution in [-0.2, 0) is 11.8 Å². The van der Waals surface area contributed by atoms with E-state index in [1.165, 1.54) is 24.6 Å². The van der Waals surface area contributed by atoms with Crippen molar-refractivity contribution in [3.8, 4) is 0 Å². The van der Waals surface area contributed by atoms with E-state index in [0.717, 1.165) is 18.7 Å². The molecule has 1 fully saturated rings. The SMILES string of the molecule is Cn1nc(C2CCCC2)nc1SCC(=O)O. The van der Waals surface area contributed by atoms with E-state index in [9.17, 15) is 4.79 Å². The molecular weight excluding hydrogens is 226 g/mol. The summed E-state index contributed by atoms with van der Waals surface area (Å²) in [5, 5.41) is 13.7. The van der Waals surface area contributed by atoms with Crippen LogP contribution in [0.3, 0.4) is 0 Å². The Labute approximate surface area is 98.3 Å². The highest BCUT2D eigenvalue weighted by molar-refractivity contribution is 7.99. The Morgan fingerprint density at radius 2 is 2.25 bits per heavy atom. The van der Waals surface area contributed by atoms with E-state index >= 15 is 0 Å². The second-order valence-corrected chi connectivity index (χ2v) is 4.98. The van der Waals surface area contributed by atoms with E-state index in [-0.39, 0.29) is 5.75 Å². The lowest BCUT2D eigenvalue weighted by atomic mass is 10.1. The van der Waals surface area contributed by atoms with Gasteiger partial charge in [0.05, 0.1) is 5.75 Å². The van der Waals surface area contributed by atoms with Crippen LogP contribution >= 0.6 is 11.8 Å². The van der Waals surface area contributed by atoms with Gasteiger partial charge in [-0.2, -0.15) is 5.10 Å². The Balaban J connectivity index is 2.05. The molecule has 1 aliphatic rings. The minimum absolute atomic E-state index is 0.0383. The van der Waals surface area contributed by atoms with Crippen LogP contribution in [0.2, 0.25) is 0 Å². The lowest BCUT2D eigenvalue weighted by molar-refractivity contribution is -0.133. The van der Waals surface area contributed by atoms with Crippen LogP contribution in [0.1, 0.15) is 37.4 Å². The number of carbonyl (C=O) groups is 1. The largest absolute Gasteiger partial charge is 0.481 e. The van der Waals surface area contributed by atoms with Crippen LogP contribution in [0.4, 0.5) is 0 Å². The van der Waals surface area contributed by atoms with E-state index < -0.39 is 5.97 Å². The van der Waals surface area contributed by atoms with E-state index in [1.54, 1.807) is 4.68 Å². The fourth-order valence-corrected chi connectivity index (χ4v) is 2.64. The summed E-state index contributed by atoms with van der Waals surface area (Å²) in [6, 6.07) is 0. The smallest absolute Gasteiger partial charge is 0.313 e. The van der Waals surface area contributed by atoms with E-state index in [1.807, 2.05) is 7.05 Å². The first-order valence-electron chi connectivity index (χ1n) is 5.42.